The number of sulfonamides is 1. The van der Waals surface area contributed by atoms with E-state index in [1.807, 2.05) is 30.3 Å². The van der Waals surface area contributed by atoms with Gasteiger partial charge in [0.05, 0.1) is 9.82 Å². The number of rotatable bonds is 7. The maximum absolute atomic E-state index is 12.7. The first-order valence-corrected chi connectivity index (χ1v) is 10.4. The van der Waals surface area contributed by atoms with E-state index in [9.17, 15) is 18.5 Å². The molecule has 1 unspecified atom stereocenters. The van der Waals surface area contributed by atoms with E-state index in [4.69, 9.17) is 0 Å². The predicted octanol–water partition coefficient (Wildman–Crippen LogP) is 3.02. The summed E-state index contributed by atoms with van der Waals surface area (Å²) < 4.78 is 28.1. The fourth-order valence-corrected chi connectivity index (χ4v) is 4.47. The van der Waals surface area contributed by atoms with Crippen molar-refractivity contribution in [1.82, 2.24) is 9.62 Å². The summed E-state index contributed by atoms with van der Waals surface area (Å²) in [4.78, 5) is 12.7. The molecule has 0 aromatic heterocycles. The zero-order chi connectivity index (χ0) is 19.4. The fraction of sp³-hybridized carbons (Fsp3) is 0.368. The third-order valence-corrected chi connectivity index (χ3v) is 6.34. The lowest BCUT2D eigenvalue weighted by atomic mass is 10.1. The van der Waals surface area contributed by atoms with Crippen molar-refractivity contribution in [3.63, 3.8) is 0 Å². The summed E-state index contributed by atoms with van der Waals surface area (Å²) in [6.45, 7) is 3.66. The van der Waals surface area contributed by atoms with Crippen molar-refractivity contribution in [3.05, 3.63) is 69.8 Å². The topological polar surface area (TPSA) is 92.6 Å². The fourth-order valence-electron chi connectivity index (χ4n) is 3.41. The Morgan fingerprint density at radius 3 is 2.44 bits per heavy atom. The van der Waals surface area contributed by atoms with Gasteiger partial charge >= 0.3 is 0 Å². The third-order valence-electron chi connectivity index (χ3n) is 4.92. The lowest BCUT2D eigenvalue weighted by molar-refractivity contribution is -0.385. The summed E-state index contributed by atoms with van der Waals surface area (Å²) in [7, 11) is -3.85. The third kappa shape index (κ3) is 4.52. The van der Waals surface area contributed by atoms with Crippen molar-refractivity contribution in [3.8, 4) is 0 Å². The van der Waals surface area contributed by atoms with Crippen LogP contribution in [0.1, 0.15) is 30.0 Å². The van der Waals surface area contributed by atoms with E-state index in [0.29, 0.717) is 5.56 Å². The molecule has 0 radical (unpaired) electrons. The second-order valence-electron chi connectivity index (χ2n) is 6.73. The van der Waals surface area contributed by atoms with Gasteiger partial charge in [0, 0.05) is 24.2 Å². The number of likely N-dealkylation sites (tertiary alicyclic amines) is 1. The molecular formula is C19H23N3O4S. The highest BCUT2D eigenvalue weighted by atomic mass is 32.2. The molecular weight excluding hydrogens is 366 g/mol. The standard InChI is InChI=1S/C19H23N3O4S/c1-15-9-10-17(13-18(15)22(23)24)27(25,26)20-14-19(21-11-5-6-12-21)16-7-3-2-4-8-16/h2-4,7-10,13,19-20H,5-6,11-12,14H2,1H3. The summed E-state index contributed by atoms with van der Waals surface area (Å²) in [6.07, 6.45) is 2.19. The summed E-state index contributed by atoms with van der Waals surface area (Å²) in [5.74, 6) is 0. The first-order valence-electron chi connectivity index (χ1n) is 8.92. The van der Waals surface area contributed by atoms with E-state index < -0.39 is 14.9 Å². The van der Waals surface area contributed by atoms with Crippen molar-refractivity contribution in [1.29, 1.82) is 0 Å². The maximum Gasteiger partial charge on any atom is 0.273 e. The first-order chi connectivity index (χ1) is 12.9. The van der Waals surface area contributed by atoms with Crippen LogP contribution in [0.5, 0.6) is 0 Å². The Hall–Kier alpha value is -2.29. The molecule has 0 aliphatic carbocycles. The average molecular weight is 389 g/mol. The highest BCUT2D eigenvalue weighted by molar-refractivity contribution is 7.89. The number of nitrogens with zero attached hydrogens (tertiary/aromatic N) is 2. The zero-order valence-electron chi connectivity index (χ0n) is 15.2. The van der Waals surface area contributed by atoms with Gasteiger partial charge < -0.3 is 0 Å². The Balaban J connectivity index is 1.82. The Morgan fingerprint density at radius 1 is 1.15 bits per heavy atom. The molecule has 1 atom stereocenters. The SMILES string of the molecule is Cc1ccc(S(=O)(=O)NCC(c2ccccc2)N2CCCC2)cc1[N+](=O)[O-]. The largest absolute Gasteiger partial charge is 0.295 e. The van der Waals surface area contributed by atoms with E-state index in [-0.39, 0.29) is 23.2 Å². The van der Waals surface area contributed by atoms with Crippen LogP contribution < -0.4 is 4.72 Å². The molecule has 2 aromatic rings. The van der Waals surface area contributed by atoms with Crippen molar-refractivity contribution in [2.45, 2.75) is 30.7 Å². The van der Waals surface area contributed by atoms with E-state index in [1.54, 1.807) is 6.92 Å². The van der Waals surface area contributed by atoms with E-state index in [1.165, 1.54) is 12.1 Å². The van der Waals surface area contributed by atoms with Crippen molar-refractivity contribution in [2.75, 3.05) is 19.6 Å². The average Bonchev–Trinajstić information content (AvgIpc) is 3.17. The second-order valence-corrected chi connectivity index (χ2v) is 8.49. The molecule has 8 heteroatoms. The Morgan fingerprint density at radius 2 is 1.81 bits per heavy atom. The van der Waals surface area contributed by atoms with Crippen molar-refractivity contribution in [2.24, 2.45) is 0 Å². The predicted molar refractivity (Wildman–Crippen MR) is 103 cm³/mol. The van der Waals surface area contributed by atoms with Gasteiger partial charge in [-0.2, -0.15) is 0 Å². The Bertz CT molecular complexity index is 910. The number of nitro benzene ring substituents is 1. The quantitative estimate of drug-likeness (QED) is 0.580. The molecule has 0 amide bonds. The minimum absolute atomic E-state index is 0.0658. The van der Waals surface area contributed by atoms with Crippen LogP contribution in [0.25, 0.3) is 0 Å². The molecule has 0 saturated carbocycles. The summed E-state index contributed by atoms with van der Waals surface area (Å²) in [5.41, 5.74) is 1.28. The maximum atomic E-state index is 12.7. The van der Waals surface area contributed by atoms with Crippen LogP contribution >= 0.6 is 0 Å². The molecule has 2 aromatic carbocycles. The first kappa shape index (κ1) is 19.5. The highest BCUT2D eigenvalue weighted by Crippen LogP contribution is 2.26. The van der Waals surface area contributed by atoms with Gasteiger partial charge in [-0.3, -0.25) is 15.0 Å². The number of nitro groups is 1. The molecule has 1 aliphatic heterocycles. The normalized spacial score (nSPS) is 16.3. The zero-order valence-corrected chi connectivity index (χ0v) is 16.0. The van der Waals surface area contributed by atoms with Crippen LogP contribution in [0.4, 0.5) is 5.69 Å². The van der Waals surface area contributed by atoms with Crippen LogP contribution in [-0.2, 0) is 10.0 Å². The monoisotopic (exact) mass is 389 g/mol. The van der Waals surface area contributed by atoms with Gasteiger partial charge in [-0.1, -0.05) is 36.4 Å². The van der Waals surface area contributed by atoms with Crippen LogP contribution in [0.2, 0.25) is 0 Å². The van der Waals surface area contributed by atoms with E-state index in [0.717, 1.165) is 37.6 Å². The minimum Gasteiger partial charge on any atom is -0.295 e. The number of aryl methyl sites for hydroxylation is 1. The molecule has 0 bridgehead atoms. The van der Waals surface area contributed by atoms with Crippen molar-refractivity contribution >= 4 is 15.7 Å². The molecule has 7 nitrogen and oxygen atoms in total. The number of hydrogen-bond donors (Lipinski definition) is 1. The summed E-state index contributed by atoms with van der Waals surface area (Å²) >= 11 is 0. The summed E-state index contributed by atoms with van der Waals surface area (Å²) in [6, 6.07) is 13.7. The van der Waals surface area contributed by atoms with Crippen LogP contribution in [0.3, 0.4) is 0 Å². The minimum atomic E-state index is -3.85. The number of hydrogen-bond acceptors (Lipinski definition) is 5. The highest BCUT2D eigenvalue weighted by Gasteiger charge is 2.26. The van der Waals surface area contributed by atoms with Gasteiger partial charge in [0.15, 0.2) is 0 Å². The van der Waals surface area contributed by atoms with Gasteiger partial charge in [0.25, 0.3) is 5.69 Å². The van der Waals surface area contributed by atoms with Gasteiger partial charge in [0.1, 0.15) is 0 Å². The van der Waals surface area contributed by atoms with Crippen LogP contribution in [-0.4, -0.2) is 37.9 Å². The molecule has 1 aliphatic rings. The summed E-state index contributed by atoms with van der Waals surface area (Å²) in [5, 5.41) is 11.1. The second kappa shape index (κ2) is 8.16. The molecule has 1 fully saturated rings. The smallest absolute Gasteiger partial charge is 0.273 e. The van der Waals surface area contributed by atoms with Crippen molar-refractivity contribution < 1.29 is 13.3 Å². The molecule has 1 N–H and O–H groups in total. The van der Waals surface area contributed by atoms with Gasteiger partial charge in [-0.15, -0.1) is 0 Å². The molecule has 27 heavy (non-hydrogen) atoms. The van der Waals surface area contributed by atoms with Gasteiger partial charge in [0.2, 0.25) is 10.0 Å². The number of benzene rings is 2. The lowest BCUT2D eigenvalue weighted by Crippen LogP contribution is -2.36. The van der Waals surface area contributed by atoms with Crippen LogP contribution in [0, 0.1) is 17.0 Å². The number of nitrogens with one attached hydrogen (secondary N) is 1. The van der Waals surface area contributed by atoms with E-state index >= 15 is 0 Å². The molecule has 1 saturated heterocycles. The van der Waals surface area contributed by atoms with E-state index in [2.05, 4.69) is 9.62 Å². The molecule has 1 heterocycles. The van der Waals surface area contributed by atoms with Gasteiger partial charge in [-0.25, -0.2) is 13.1 Å². The molecule has 144 valence electrons. The van der Waals surface area contributed by atoms with Crippen LogP contribution in [0.15, 0.2) is 53.4 Å². The lowest BCUT2D eigenvalue weighted by Gasteiger charge is -2.28. The Labute approximate surface area is 159 Å². The van der Waals surface area contributed by atoms with Gasteiger partial charge in [-0.05, 0) is 44.5 Å². The molecule has 0 spiro atoms. The Kier molecular flexibility index (Phi) is 5.88. The molecule has 3 rings (SSSR count).